The third kappa shape index (κ3) is 3.11. The summed E-state index contributed by atoms with van der Waals surface area (Å²) in [6.07, 6.45) is 3.98. The van der Waals surface area contributed by atoms with Crippen LogP contribution in [0, 0.1) is 0 Å². The standard InChI is InChI=1S/C15H20N4OS2/c1-11(19-5-3-6-22-19)9-18-12(2)13(10-20)8-17-14(18)15-16-4-7-21-15/h4,7,10-11H,3,5-6,8-9H2,1-2H3. The molecule has 1 aromatic rings. The lowest BCUT2D eigenvalue weighted by atomic mass is 10.1. The van der Waals surface area contributed by atoms with Gasteiger partial charge in [0.1, 0.15) is 6.29 Å². The number of rotatable bonds is 5. The average Bonchev–Trinajstić information content (AvgIpc) is 3.22. The monoisotopic (exact) mass is 336 g/mol. The second-order valence-electron chi connectivity index (χ2n) is 5.49. The summed E-state index contributed by atoms with van der Waals surface area (Å²) < 4.78 is 2.43. The van der Waals surface area contributed by atoms with E-state index in [4.69, 9.17) is 0 Å². The predicted molar refractivity (Wildman–Crippen MR) is 92.2 cm³/mol. The van der Waals surface area contributed by atoms with Crippen molar-refractivity contribution in [2.75, 3.05) is 25.4 Å². The summed E-state index contributed by atoms with van der Waals surface area (Å²) in [6, 6.07) is 0.401. The van der Waals surface area contributed by atoms with Crippen molar-refractivity contribution in [2.45, 2.75) is 26.3 Å². The summed E-state index contributed by atoms with van der Waals surface area (Å²) >= 11 is 3.50. The number of carbonyl (C=O) groups is 1. The van der Waals surface area contributed by atoms with E-state index in [2.05, 4.69) is 26.1 Å². The van der Waals surface area contributed by atoms with Gasteiger partial charge in [-0.1, -0.05) is 11.9 Å². The number of carbonyl (C=O) groups excluding carboxylic acids is 1. The molecule has 1 atom stereocenters. The maximum Gasteiger partial charge on any atom is 0.165 e. The van der Waals surface area contributed by atoms with Gasteiger partial charge in [-0.25, -0.2) is 9.29 Å². The molecule has 0 N–H and O–H groups in total. The second kappa shape index (κ2) is 6.93. The number of aliphatic imine (C=N–C) groups is 1. The number of hydrogen-bond acceptors (Lipinski definition) is 7. The van der Waals surface area contributed by atoms with E-state index in [0.717, 1.165) is 41.5 Å². The minimum Gasteiger partial charge on any atom is -0.326 e. The molecular formula is C15H20N4OS2. The van der Waals surface area contributed by atoms with Crippen LogP contribution in [-0.2, 0) is 4.79 Å². The van der Waals surface area contributed by atoms with E-state index in [-0.39, 0.29) is 0 Å². The molecule has 0 amide bonds. The molecule has 0 saturated carbocycles. The Kier molecular flexibility index (Phi) is 4.95. The van der Waals surface area contributed by atoms with Crippen molar-refractivity contribution in [1.82, 2.24) is 14.2 Å². The Morgan fingerprint density at radius 3 is 3.00 bits per heavy atom. The molecule has 0 bridgehead atoms. The van der Waals surface area contributed by atoms with Gasteiger partial charge in [0, 0.05) is 47.7 Å². The van der Waals surface area contributed by atoms with E-state index in [1.165, 1.54) is 12.2 Å². The highest BCUT2D eigenvalue weighted by Gasteiger charge is 2.28. The molecule has 0 aliphatic carbocycles. The highest BCUT2D eigenvalue weighted by atomic mass is 32.2. The van der Waals surface area contributed by atoms with Crippen molar-refractivity contribution in [3.8, 4) is 0 Å². The Hall–Kier alpha value is -1.18. The van der Waals surface area contributed by atoms with Crippen LogP contribution in [0.4, 0.5) is 0 Å². The molecule has 5 nitrogen and oxygen atoms in total. The van der Waals surface area contributed by atoms with Gasteiger partial charge in [0.05, 0.1) is 6.54 Å². The van der Waals surface area contributed by atoms with Crippen molar-refractivity contribution in [1.29, 1.82) is 0 Å². The largest absolute Gasteiger partial charge is 0.326 e. The third-order valence-corrected chi connectivity index (χ3v) is 6.12. The normalized spacial score (nSPS) is 21.2. The summed E-state index contributed by atoms with van der Waals surface area (Å²) in [7, 11) is 0. The maximum atomic E-state index is 11.3. The fraction of sp³-hybridized carbons (Fsp3) is 0.533. The lowest BCUT2D eigenvalue weighted by Gasteiger charge is -2.34. The molecule has 1 fully saturated rings. The van der Waals surface area contributed by atoms with Crippen molar-refractivity contribution in [3.05, 3.63) is 27.9 Å². The first-order valence-electron chi connectivity index (χ1n) is 7.47. The smallest absolute Gasteiger partial charge is 0.165 e. The van der Waals surface area contributed by atoms with Crippen LogP contribution >= 0.6 is 23.3 Å². The molecule has 1 aromatic heterocycles. The molecule has 2 aliphatic rings. The maximum absolute atomic E-state index is 11.3. The number of allylic oxidation sites excluding steroid dienone is 1. The highest BCUT2D eigenvalue weighted by Crippen LogP contribution is 2.26. The van der Waals surface area contributed by atoms with Crippen LogP contribution in [0.1, 0.15) is 25.3 Å². The van der Waals surface area contributed by atoms with Gasteiger partial charge in [0.2, 0.25) is 0 Å². The highest BCUT2D eigenvalue weighted by molar-refractivity contribution is 7.97. The molecule has 2 aliphatic heterocycles. The van der Waals surface area contributed by atoms with Crippen molar-refractivity contribution < 1.29 is 4.79 Å². The van der Waals surface area contributed by atoms with Crippen LogP contribution in [0.5, 0.6) is 0 Å². The van der Waals surface area contributed by atoms with Gasteiger partial charge >= 0.3 is 0 Å². The molecule has 0 aromatic carbocycles. The van der Waals surface area contributed by atoms with Crippen LogP contribution in [0.2, 0.25) is 0 Å². The zero-order chi connectivity index (χ0) is 15.5. The number of aldehydes is 1. The summed E-state index contributed by atoms with van der Waals surface area (Å²) in [5, 5.41) is 2.88. The SMILES string of the molecule is CC1=C(C=O)CN=C(c2nccs2)N1CC(C)N1CCCS1. The Bertz CT molecular complexity index is 591. The quantitative estimate of drug-likeness (QED) is 0.610. The lowest BCUT2D eigenvalue weighted by Crippen LogP contribution is -2.43. The average molecular weight is 336 g/mol. The summed E-state index contributed by atoms with van der Waals surface area (Å²) in [4.78, 5) is 22.4. The van der Waals surface area contributed by atoms with E-state index in [9.17, 15) is 4.79 Å². The summed E-state index contributed by atoms with van der Waals surface area (Å²) in [5.74, 6) is 2.10. The van der Waals surface area contributed by atoms with E-state index < -0.39 is 0 Å². The van der Waals surface area contributed by atoms with E-state index in [0.29, 0.717) is 12.6 Å². The topological polar surface area (TPSA) is 48.8 Å². The Morgan fingerprint density at radius 1 is 1.50 bits per heavy atom. The van der Waals surface area contributed by atoms with Gasteiger partial charge in [-0.3, -0.25) is 9.79 Å². The minimum absolute atomic E-state index is 0.401. The van der Waals surface area contributed by atoms with E-state index >= 15 is 0 Å². The van der Waals surface area contributed by atoms with Crippen molar-refractivity contribution >= 4 is 35.4 Å². The Morgan fingerprint density at radius 2 is 2.36 bits per heavy atom. The summed E-state index contributed by atoms with van der Waals surface area (Å²) in [5.41, 5.74) is 1.77. The van der Waals surface area contributed by atoms with Crippen LogP contribution in [0.3, 0.4) is 0 Å². The van der Waals surface area contributed by atoms with Gasteiger partial charge in [-0.05, 0) is 20.3 Å². The Balaban J connectivity index is 1.84. The molecule has 1 unspecified atom stereocenters. The molecule has 0 spiro atoms. The molecule has 22 heavy (non-hydrogen) atoms. The van der Waals surface area contributed by atoms with Gasteiger partial charge in [0.25, 0.3) is 0 Å². The zero-order valence-electron chi connectivity index (χ0n) is 12.9. The molecular weight excluding hydrogens is 316 g/mol. The van der Waals surface area contributed by atoms with E-state index in [1.807, 2.05) is 24.3 Å². The van der Waals surface area contributed by atoms with Crippen LogP contribution in [-0.4, -0.2) is 57.7 Å². The number of nitrogens with zero attached hydrogens (tertiary/aromatic N) is 4. The fourth-order valence-electron chi connectivity index (χ4n) is 2.72. The molecule has 1 saturated heterocycles. The van der Waals surface area contributed by atoms with Gasteiger partial charge < -0.3 is 4.90 Å². The molecule has 3 heterocycles. The first-order valence-corrected chi connectivity index (χ1v) is 9.29. The van der Waals surface area contributed by atoms with Crippen LogP contribution < -0.4 is 0 Å². The first kappa shape index (κ1) is 15.7. The predicted octanol–water partition coefficient (Wildman–Crippen LogP) is 2.42. The van der Waals surface area contributed by atoms with Gasteiger partial charge in [-0.2, -0.15) is 0 Å². The molecule has 118 valence electrons. The zero-order valence-corrected chi connectivity index (χ0v) is 14.5. The fourth-order valence-corrected chi connectivity index (χ4v) is 4.45. The lowest BCUT2D eigenvalue weighted by molar-refractivity contribution is -0.105. The molecule has 0 radical (unpaired) electrons. The minimum atomic E-state index is 0.401. The van der Waals surface area contributed by atoms with Crippen LogP contribution in [0.15, 0.2) is 27.8 Å². The Labute approximate surface area is 139 Å². The number of amidine groups is 1. The number of thiazole rings is 1. The van der Waals surface area contributed by atoms with E-state index in [1.54, 1.807) is 17.5 Å². The first-order chi connectivity index (χ1) is 10.7. The van der Waals surface area contributed by atoms with Crippen molar-refractivity contribution in [2.24, 2.45) is 4.99 Å². The van der Waals surface area contributed by atoms with Gasteiger partial charge in [-0.15, -0.1) is 11.3 Å². The molecule has 3 rings (SSSR count). The number of aromatic nitrogens is 1. The third-order valence-electron chi connectivity index (χ3n) is 4.01. The molecule has 7 heteroatoms. The van der Waals surface area contributed by atoms with Crippen molar-refractivity contribution in [3.63, 3.8) is 0 Å². The van der Waals surface area contributed by atoms with Crippen LogP contribution in [0.25, 0.3) is 0 Å². The van der Waals surface area contributed by atoms with Gasteiger partial charge in [0.15, 0.2) is 10.8 Å². The second-order valence-corrected chi connectivity index (χ2v) is 7.52. The summed E-state index contributed by atoms with van der Waals surface area (Å²) in [6.45, 7) is 6.66. The number of hydrogen-bond donors (Lipinski definition) is 0.